The van der Waals surface area contributed by atoms with Gasteiger partial charge < -0.3 is 14.5 Å². The highest BCUT2D eigenvalue weighted by Crippen LogP contribution is 2.15. The fourth-order valence-corrected chi connectivity index (χ4v) is 3.67. The summed E-state index contributed by atoms with van der Waals surface area (Å²) in [6.07, 6.45) is 0.220. The van der Waals surface area contributed by atoms with E-state index in [1.807, 2.05) is 0 Å². The van der Waals surface area contributed by atoms with Crippen molar-refractivity contribution >= 4 is 27.9 Å². The molecule has 154 valence electrons. The van der Waals surface area contributed by atoms with E-state index in [1.165, 1.54) is 31.4 Å². The van der Waals surface area contributed by atoms with Gasteiger partial charge in [-0.05, 0) is 37.3 Å². The molecule has 0 unspecified atom stereocenters. The van der Waals surface area contributed by atoms with Crippen LogP contribution in [0.15, 0.2) is 52.0 Å². The highest BCUT2D eigenvalue weighted by molar-refractivity contribution is 7.89. The molecule has 1 aromatic heterocycles. The van der Waals surface area contributed by atoms with E-state index in [1.54, 1.807) is 12.1 Å². The van der Waals surface area contributed by atoms with E-state index in [0.717, 1.165) is 11.0 Å². The Morgan fingerprint density at radius 1 is 1.31 bits per heavy atom. The molecule has 1 atom stereocenters. The smallest absolute Gasteiger partial charge is 0.338 e. The number of carbonyl (C=O) groups is 3. The highest BCUT2D eigenvalue weighted by atomic mass is 32.2. The summed E-state index contributed by atoms with van der Waals surface area (Å²) in [5.74, 6) is -1.10. The maximum atomic E-state index is 12.4. The van der Waals surface area contributed by atoms with Gasteiger partial charge in [0.2, 0.25) is 10.0 Å². The van der Waals surface area contributed by atoms with Crippen molar-refractivity contribution in [3.63, 3.8) is 0 Å². The summed E-state index contributed by atoms with van der Waals surface area (Å²) >= 11 is 0. The van der Waals surface area contributed by atoms with Crippen LogP contribution in [0.5, 0.6) is 0 Å². The van der Waals surface area contributed by atoms with Crippen molar-refractivity contribution in [2.75, 3.05) is 13.1 Å². The van der Waals surface area contributed by atoms with Crippen LogP contribution in [0.3, 0.4) is 0 Å². The molecule has 3 amide bonds. The predicted octanol–water partition coefficient (Wildman–Crippen LogP) is 0.855. The molecule has 11 heteroatoms. The minimum Gasteiger partial charge on any atom is -0.468 e. The summed E-state index contributed by atoms with van der Waals surface area (Å²) in [4.78, 5) is 36.9. The first-order valence-corrected chi connectivity index (χ1v) is 10.2. The molecule has 10 nitrogen and oxygen atoms in total. The number of hydrogen-bond acceptors (Lipinski definition) is 7. The Labute approximate surface area is 166 Å². The third kappa shape index (κ3) is 4.81. The van der Waals surface area contributed by atoms with Gasteiger partial charge in [0.15, 0.2) is 6.10 Å². The Bertz CT molecular complexity index is 1020. The number of amides is 3. The second-order valence-corrected chi connectivity index (χ2v) is 7.97. The molecule has 0 saturated carbocycles. The third-order valence-corrected chi connectivity index (χ3v) is 5.55. The predicted molar refractivity (Wildman–Crippen MR) is 99.2 cm³/mol. The molecular formula is C18H19N3O7S. The van der Waals surface area contributed by atoms with Crippen LogP contribution < -0.4 is 10.0 Å². The van der Waals surface area contributed by atoms with E-state index < -0.39 is 34.0 Å². The molecular weight excluding hydrogens is 402 g/mol. The number of nitrogens with zero attached hydrogens (tertiary/aromatic N) is 1. The quantitative estimate of drug-likeness (QED) is 0.633. The summed E-state index contributed by atoms with van der Waals surface area (Å²) in [7, 11) is -3.90. The van der Waals surface area contributed by atoms with Crippen LogP contribution in [0, 0.1) is 0 Å². The Morgan fingerprint density at radius 2 is 2.10 bits per heavy atom. The molecule has 0 bridgehead atoms. The lowest BCUT2D eigenvalue weighted by Crippen LogP contribution is -2.41. The van der Waals surface area contributed by atoms with Gasteiger partial charge in [-0.15, -0.1) is 0 Å². The number of carbonyl (C=O) groups excluding carboxylic acids is 3. The largest absolute Gasteiger partial charge is 0.468 e. The van der Waals surface area contributed by atoms with Crippen LogP contribution in [-0.4, -0.2) is 50.4 Å². The van der Waals surface area contributed by atoms with E-state index >= 15 is 0 Å². The van der Waals surface area contributed by atoms with E-state index in [2.05, 4.69) is 10.0 Å². The van der Waals surface area contributed by atoms with E-state index in [9.17, 15) is 22.8 Å². The molecule has 2 heterocycles. The Kier molecular flexibility index (Phi) is 5.99. The maximum Gasteiger partial charge on any atom is 0.338 e. The number of imide groups is 1. The summed E-state index contributed by atoms with van der Waals surface area (Å²) in [6, 6.07) is 7.93. The number of rotatable bonds is 7. The minimum absolute atomic E-state index is 0.0450. The SMILES string of the molecule is C[C@@H](OC(=O)c1cccc(S(=O)(=O)NCc2ccco2)c1)C(=O)N1CCNC1=O. The number of urea groups is 1. The maximum absolute atomic E-state index is 12.4. The van der Waals surface area contributed by atoms with E-state index in [-0.39, 0.29) is 23.5 Å². The molecule has 0 radical (unpaired) electrons. The second kappa shape index (κ2) is 8.45. The molecule has 1 saturated heterocycles. The van der Waals surface area contributed by atoms with Gasteiger partial charge in [-0.1, -0.05) is 6.07 Å². The molecule has 2 aromatic rings. The topological polar surface area (TPSA) is 135 Å². The monoisotopic (exact) mass is 421 g/mol. The molecule has 29 heavy (non-hydrogen) atoms. The first kappa shape index (κ1) is 20.6. The summed E-state index contributed by atoms with van der Waals surface area (Å²) in [5.41, 5.74) is -0.0450. The van der Waals surface area contributed by atoms with Crippen LogP contribution in [0.2, 0.25) is 0 Å². The van der Waals surface area contributed by atoms with Crippen molar-refractivity contribution in [2.24, 2.45) is 0 Å². The van der Waals surface area contributed by atoms with Crippen LogP contribution in [-0.2, 0) is 26.1 Å². The highest BCUT2D eigenvalue weighted by Gasteiger charge is 2.32. The van der Waals surface area contributed by atoms with Gasteiger partial charge in [-0.2, -0.15) is 0 Å². The first-order valence-electron chi connectivity index (χ1n) is 8.70. The van der Waals surface area contributed by atoms with Crippen molar-refractivity contribution in [3.05, 3.63) is 54.0 Å². The molecule has 1 aliphatic heterocycles. The summed E-state index contributed by atoms with van der Waals surface area (Å²) in [5, 5.41) is 2.48. The van der Waals surface area contributed by atoms with Crippen molar-refractivity contribution in [1.82, 2.24) is 14.9 Å². The van der Waals surface area contributed by atoms with Gasteiger partial charge >= 0.3 is 12.0 Å². The Balaban J connectivity index is 1.67. The van der Waals surface area contributed by atoms with Crippen LogP contribution in [0.25, 0.3) is 0 Å². The van der Waals surface area contributed by atoms with E-state index in [4.69, 9.17) is 9.15 Å². The van der Waals surface area contributed by atoms with Crippen molar-refractivity contribution < 1.29 is 32.0 Å². The number of nitrogens with one attached hydrogen (secondary N) is 2. The zero-order chi connectivity index (χ0) is 21.0. The number of esters is 1. The van der Waals surface area contributed by atoms with Crippen molar-refractivity contribution in [1.29, 1.82) is 0 Å². The number of benzene rings is 1. The molecule has 0 spiro atoms. The van der Waals surface area contributed by atoms with Crippen molar-refractivity contribution in [2.45, 2.75) is 24.5 Å². The fourth-order valence-electron chi connectivity index (χ4n) is 2.63. The van der Waals surface area contributed by atoms with Crippen LogP contribution >= 0.6 is 0 Å². The Hall–Kier alpha value is -3.18. The van der Waals surface area contributed by atoms with Gasteiger partial charge in [0.05, 0.1) is 23.3 Å². The minimum atomic E-state index is -3.90. The number of hydrogen-bond donors (Lipinski definition) is 2. The lowest BCUT2D eigenvalue weighted by molar-refractivity contribution is -0.136. The average Bonchev–Trinajstić information content (AvgIpc) is 3.37. The Morgan fingerprint density at radius 3 is 2.76 bits per heavy atom. The second-order valence-electron chi connectivity index (χ2n) is 6.20. The van der Waals surface area contributed by atoms with Gasteiger partial charge in [-0.3, -0.25) is 9.69 Å². The fraction of sp³-hybridized carbons (Fsp3) is 0.278. The number of ether oxygens (including phenoxy) is 1. The molecule has 1 aromatic carbocycles. The lowest BCUT2D eigenvalue weighted by atomic mass is 10.2. The normalized spacial score (nSPS) is 15.1. The van der Waals surface area contributed by atoms with Gasteiger partial charge in [0.1, 0.15) is 5.76 Å². The zero-order valence-electron chi connectivity index (χ0n) is 15.5. The number of sulfonamides is 1. The molecule has 1 aliphatic rings. The zero-order valence-corrected chi connectivity index (χ0v) is 16.3. The van der Waals surface area contributed by atoms with Gasteiger partial charge in [0, 0.05) is 13.1 Å². The van der Waals surface area contributed by atoms with Gasteiger partial charge in [0.25, 0.3) is 5.91 Å². The summed E-state index contributed by atoms with van der Waals surface area (Å²) < 4.78 is 37.4. The average molecular weight is 421 g/mol. The summed E-state index contributed by atoms with van der Waals surface area (Å²) in [6.45, 7) is 1.82. The molecule has 2 N–H and O–H groups in total. The number of furan rings is 1. The standard InChI is InChI=1S/C18H19N3O7S/c1-12(16(22)21-8-7-19-18(21)24)28-17(23)13-4-2-6-15(10-13)29(25,26)20-11-14-5-3-9-27-14/h2-6,9-10,12,20H,7-8,11H2,1H3,(H,19,24)/t12-/m1/s1. The van der Waals surface area contributed by atoms with E-state index in [0.29, 0.717) is 12.3 Å². The first-order chi connectivity index (χ1) is 13.8. The van der Waals surface area contributed by atoms with Crippen molar-refractivity contribution in [3.8, 4) is 0 Å². The van der Waals surface area contributed by atoms with Crippen LogP contribution in [0.4, 0.5) is 4.79 Å². The molecule has 0 aliphatic carbocycles. The molecule has 3 rings (SSSR count). The lowest BCUT2D eigenvalue weighted by Gasteiger charge is -2.18. The third-order valence-electron chi connectivity index (χ3n) is 4.15. The van der Waals surface area contributed by atoms with Gasteiger partial charge in [-0.25, -0.2) is 22.7 Å². The van der Waals surface area contributed by atoms with Crippen LogP contribution in [0.1, 0.15) is 23.0 Å². The molecule has 1 fully saturated rings.